The number of furan rings is 1. The van der Waals surface area contributed by atoms with Crippen molar-refractivity contribution in [2.45, 2.75) is 13.3 Å². The number of nitriles is 1. The Kier molecular flexibility index (Phi) is 6.36. The number of nitrogens with one attached hydrogen (secondary N) is 1. The summed E-state index contributed by atoms with van der Waals surface area (Å²) < 4.78 is 12.0. The number of para-hydroxylation sites is 1. The highest BCUT2D eigenvalue weighted by Gasteiger charge is 2.12. The van der Waals surface area contributed by atoms with Crippen molar-refractivity contribution in [2.24, 2.45) is 0 Å². The average molecular weight is 381 g/mol. The molecule has 0 bridgehead atoms. The van der Waals surface area contributed by atoms with Crippen LogP contribution in [0.5, 0.6) is 0 Å². The standard InChI is InChI=1S/C20H19N3O3S/c1-2-25-11-5-10-22-19(24)14(13-21)12-15-8-9-17(26-15)20-23-16-6-3-4-7-18(16)27-20/h3-4,6-9,12H,2,5,10-11H2,1H3,(H,22,24)/b14-12+. The van der Waals surface area contributed by atoms with Gasteiger partial charge in [-0.15, -0.1) is 11.3 Å². The van der Waals surface area contributed by atoms with Crippen LogP contribution >= 0.6 is 11.3 Å². The normalized spacial score (nSPS) is 11.5. The van der Waals surface area contributed by atoms with Gasteiger partial charge in [0.15, 0.2) is 10.8 Å². The molecule has 0 aliphatic rings. The maximum Gasteiger partial charge on any atom is 0.262 e. The molecule has 0 spiro atoms. The number of benzene rings is 1. The van der Waals surface area contributed by atoms with Gasteiger partial charge in [-0.1, -0.05) is 12.1 Å². The van der Waals surface area contributed by atoms with Crippen LogP contribution in [0.1, 0.15) is 19.1 Å². The molecule has 1 aromatic carbocycles. The van der Waals surface area contributed by atoms with E-state index in [-0.39, 0.29) is 5.57 Å². The Morgan fingerprint density at radius 1 is 1.37 bits per heavy atom. The Hall–Kier alpha value is -2.95. The lowest BCUT2D eigenvalue weighted by Gasteiger charge is -2.04. The molecule has 138 valence electrons. The number of thiazole rings is 1. The lowest BCUT2D eigenvalue weighted by molar-refractivity contribution is -0.117. The molecule has 0 aliphatic carbocycles. The molecule has 0 saturated heterocycles. The summed E-state index contributed by atoms with van der Waals surface area (Å²) in [4.78, 5) is 16.7. The number of amides is 1. The summed E-state index contributed by atoms with van der Waals surface area (Å²) >= 11 is 1.53. The molecule has 0 saturated carbocycles. The SMILES string of the molecule is CCOCCCNC(=O)/C(C#N)=C/c1ccc(-c2nc3ccccc3s2)o1. The van der Waals surface area contributed by atoms with Crippen molar-refractivity contribution in [1.82, 2.24) is 10.3 Å². The monoisotopic (exact) mass is 381 g/mol. The number of fused-ring (bicyclic) bond motifs is 1. The van der Waals surface area contributed by atoms with Crippen LogP contribution in [0.2, 0.25) is 0 Å². The number of nitrogens with zero attached hydrogens (tertiary/aromatic N) is 2. The van der Waals surface area contributed by atoms with E-state index in [0.717, 1.165) is 15.2 Å². The van der Waals surface area contributed by atoms with Gasteiger partial charge in [-0.05, 0) is 37.6 Å². The smallest absolute Gasteiger partial charge is 0.262 e. The van der Waals surface area contributed by atoms with E-state index in [2.05, 4.69) is 10.3 Å². The molecule has 1 amide bonds. The fourth-order valence-corrected chi connectivity index (χ4v) is 3.36. The minimum Gasteiger partial charge on any atom is -0.454 e. The zero-order valence-electron chi connectivity index (χ0n) is 14.9. The van der Waals surface area contributed by atoms with Gasteiger partial charge in [0.05, 0.1) is 10.2 Å². The molecule has 6 nitrogen and oxygen atoms in total. The summed E-state index contributed by atoms with van der Waals surface area (Å²) in [6.45, 7) is 3.59. The van der Waals surface area contributed by atoms with Gasteiger partial charge < -0.3 is 14.5 Å². The van der Waals surface area contributed by atoms with Gasteiger partial charge in [0.2, 0.25) is 0 Å². The minimum absolute atomic E-state index is 0.00314. The summed E-state index contributed by atoms with van der Waals surface area (Å²) in [5.74, 6) is 0.620. The van der Waals surface area contributed by atoms with Crippen molar-refractivity contribution in [1.29, 1.82) is 5.26 Å². The number of hydrogen-bond donors (Lipinski definition) is 1. The predicted molar refractivity (Wildman–Crippen MR) is 105 cm³/mol. The average Bonchev–Trinajstić information content (AvgIpc) is 3.32. The van der Waals surface area contributed by atoms with Crippen LogP contribution in [0.15, 0.2) is 46.4 Å². The number of hydrogen-bond acceptors (Lipinski definition) is 6. The van der Waals surface area contributed by atoms with E-state index in [1.54, 1.807) is 12.1 Å². The van der Waals surface area contributed by atoms with Crippen molar-refractivity contribution >= 4 is 33.5 Å². The first kappa shape index (κ1) is 18.8. The first-order chi connectivity index (χ1) is 13.2. The largest absolute Gasteiger partial charge is 0.454 e. The van der Waals surface area contributed by atoms with Gasteiger partial charge in [-0.25, -0.2) is 4.98 Å². The number of carbonyl (C=O) groups excluding carboxylic acids is 1. The molecule has 0 fully saturated rings. The Bertz CT molecular complexity index is 964. The lowest BCUT2D eigenvalue weighted by atomic mass is 10.2. The van der Waals surface area contributed by atoms with Gasteiger partial charge in [0.25, 0.3) is 5.91 Å². The molecule has 3 aromatic rings. The van der Waals surface area contributed by atoms with Crippen LogP contribution in [0.25, 0.3) is 27.1 Å². The van der Waals surface area contributed by atoms with E-state index >= 15 is 0 Å². The molecule has 7 heteroatoms. The summed E-state index contributed by atoms with van der Waals surface area (Å²) in [7, 11) is 0. The van der Waals surface area contributed by atoms with E-state index in [1.165, 1.54) is 17.4 Å². The van der Waals surface area contributed by atoms with E-state index in [9.17, 15) is 10.1 Å². The molecule has 0 radical (unpaired) electrons. The quantitative estimate of drug-likeness (QED) is 0.362. The molecule has 27 heavy (non-hydrogen) atoms. The Labute approximate surface area is 161 Å². The Morgan fingerprint density at radius 2 is 2.22 bits per heavy atom. The second-order valence-corrected chi connectivity index (χ2v) is 6.70. The first-order valence-electron chi connectivity index (χ1n) is 8.64. The van der Waals surface area contributed by atoms with E-state index < -0.39 is 5.91 Å². The van der Waals surface area contributed by atoms with Crippen molar-refractivity contribution in [3.8, 4) is 16.8 Å². The van der Waals surface area contributed by atoms with Gasteiger partial charge in [0.1, 0.15) is 17.4 Å². The fraction of sp³-hybridized carbons (Fsp3) is 0.250. The molecule has 0 aliphatic heterocycles. The number of aromatic nitrogens is 1. The molecule has 3 rings (SSSR count). The minimum atomic E-state index is -0.424. The molecular formula is C20H19N3O3S. The van der Waals surface area contributed by atoms with Crippen molar-refractivity contribution in [3.63, 3.8) is 0 Å². The third-order valence-electron chi connectivity index (χ3n) is 3.74. The summed E-state index contributed by atoms with van der Waals surface area (Å²) in [5.41, 5.74) is 0.909. The van der Waals surface area contributed by atoms with Gasteiger partial charge in [-0.2, -0.15) is 5.26 Å². The molecule has 0 atom stereocenters. The summed E-state index contributed by atoms with van der Waals surface area (Å²) in [5, 5.41) is 12.7. The Morgan fingerprint density at radius 3 is 3.00 bits per heavy atom. The topological polar surface area (TPSA) is 88.1 Å². The second-order valence-electron chi connectivity index (χ2n) is 5.66. The highest BCUT2D eigenvalue weighted by molar-refractivity contribution is 7.21. The summed E-state index contributed by atoms with van der Waals surface area (Å²) in [6.07, 6.45) is 2.13. The fourth-order valence-electron chi connectivity index (χ4n) is 2.43. The Balaban J connectivity index is 1.68. The zero-order chi connectivity index (χ0) is 19.1. The van der Waals surface area contributed by atoms with Crippen molar-refractivity contribution < 1.29 is 13.9 Å². The van der Waals surface area contributed by atoms with Crippen LogP contribution in [0, 0.1) is 11.3 Å². The molecule has 1 N–H and O–H groups in total. The lowest BCUT2D eigenvalue weighted by Crippen LogP contribution is -2.26. The van der Waals surface area contributed by atoms with Gasteiger partial charge in [-0.3, -0.25) is 4.79 Å². The van der Waals surface area contributed by atoms with Gasteiger partial charge >= 0.3 is 0 Å². The zero-order valence-corrected chi connectivity index (χ0v) is 15.7. The van der Waals surface area contributed by atoms with Crippen LogP contribution in [-0.2, 0) is 9.53 Å². The van der Waals surface area contributed by atoms with Crippen LogP contribution < -0.4 is 5.32 Å². The van der Waals surface area contributed by atoms with E-state index in [4.69, 9.17) is 9.15 Å². The third-order valence-corrected chi connectivity index (χ3v) is 4.79. The maximum atomic E-state index is 12.1. The highest BCUT2D eigenvalue weighted by atomic mass is 32.1. The van der Waals surface area contributed by atoms with E-state index in [1.807, 2.05) is 37.3 Å². The number of rotatable bonds is 8. The second kappa shape index (κ2) is 9.12. The predicted octanol–water partition coefficient (Wildman–Crippen LogP) is 4.01. The summed E-state index contributed by atoms with van der Waals surface area (Å²) in [6, 6.07) is 13.3. The first-order valence-corrected chi connectivity index (χ1v) is 9.46. The van der Waals surface area contributed by atoms with Gasteiger partial charge in [0, 0.05) is 25.8 Å². The van der Waals surface area contributed by atoms with Crippen LogP contribution in [-0.4, -0.2) is 30.6 Å². The van der Waals surface area contributed by atoms with Crippen molar-refractivity contribution in [3.05, 3.63) is 47.7 Å². The number of carbonyl (C=O) groups is 1. The van der Waals surface area contributed by atoms with Crippen LogP contribution in [0.3, 0.4) is 0 Å². The number of ether oxygens (including phenoxy) is 1. The van der Waals surface area contributed by atoms with Crippen LogP contribution in [0.4, 0.5) is 0 Å². The molecule has 0 unspecified atom stereocenters. The maximum absolute atomic E-state index is 12.1. The van der Waals surface area contributed by atoms with Crippen molar-refractivity contribution in [2.75, 3.05) is 19.8 Å². The van der Waals surface area contributed by atoms with E-state index in [0.29, 0.717) is 37.7 Å². The third kappa shape index (κ3) is 4.82. The molecule has 2 heterocycles. The molecule has 2 aromatic heterocycles. The molecular weight excluding hydrogens is 362 g/mol. The highest BCUT2D eigenvalue weighted by Crippen LogP contribution is 2.31.